The molecule has 0 spiro atoms. The van der Waals surface area contributed by atoms with E-state index in [1.807, 2.05) is 6.07 Å². The zero-order valence-electron chi connectivity index (χ0n) is 15.0. The molecule has 0 heterocycles. The van der Waals surface area contributed by atoms with E-state index in [-0.39, 0.29) is 23.7 Å². The Hall–Kier alpha value is -1.84. The van der Waals surface area contributed by atoms with E-state index >= 15 is 0 Å². The summed E-state index contributed by atoms with van der Waals surface area (Å²) in [7, 11) is 1.69. The summed E-state index contributed by atoms with van der Waals surface area (Å²) in [5.74, 6) is 1.52. The number of rotatable bonds is 3. The van der Waals surface area contributed by atoms with E-state index in [1.165, 1.54) is 11.1 Å². The van der Waals surface area contributed by atoms with Gasteiger partial charge in [-0.05, 0) is 72.6 Å². The maximum atomic E-state index is 12.7. The highest BCUT2D eigenvalue weighted by molar-refractivity contribution is 5.88. The Morgan fingerprint density at radius 2 is 2.16 bits per heavy atom. The molecular weight excluding hydrogens is 316 g/mol. The van der Waals surface area contributed by atoms with Crippen LogP contribution in [0.15, 0.2) is 18.2 Å². The van der Waals surface area contributed by atoms with Crippen molar-refractivity contribution in [2.75, 3.05) is 7.11 Å². The Morgan fingerprint density at radius 1 is 1.36 bits per heavy atom. The molecule has 5 atom stereocenters. The third kappa shape index (κ3) is 2.49. The van der Waals surface area contributed by atoms with Gasteiger partial charge in [0.25, 0.3) is 0 Å². The number of ketones is 1. The quantitative estimate of drug-likeness (QED) is 0.907. The number of fused-ring (bicyclic) bond motifs is 5. The number of carboxylic acid groups (broad SMARTS) is 1. The van der Waals surface area contributed by atoms with Crippen LogP contribution in [0.5, 0.6) is 5.75 Å². The molecule has 1 aromatic carbocycles. The van der Waals surface area contributed by atoms with Crippen molar-refractivity contribution >= 4 is 11.8 Å². The molecule has 1 N–H and O–H groups in total. The fraction of sp³-hybridized carbons (Fsp3) is 0.619. The number of aryl methyl sites for hydroxylation is 1. The first-order valence-corrected chi connectivity index (χ1v) is 9.36. The van der Waals surface area contributed by atoms with Gasteiger partial charge in [-0.2, -0.15) is 0 Å². The highest BCUT2D eigenvalue weighted by Crippen LogP contribution is 2.62. The van der Waals surface area contributed by atoms with Gasteiger partial charge < -0.3 is 9.84 Å². The molecule has 2 saturated carbocycles. The fourth-order valence-corrected chi connectivity index (χ4v) is 6.15. The van der Waals surface area contributed by atoms with Crippen LogP contribution in [0.2, 0.25) is 0 Å². The van der Waals surface area contributed by atoms with Gasteiger partial charge in [-0.1, -0.05) is 13.0 Å². The summed E-state index contributed by atoms with van der Waals surface area (Å²) < 4.78 is 5.37. The molecule has 0 aliphatic heterocycles. The molecule has 2 fully saturated rings. The Morgan fingerprint density at radius 3 is 2.88 bits per heavy atom. The topological polar surface area (TPSA) is 63.6 Å². The van der Waals surface area contributed by atoms with Crippen molar-refractivity contribution in [3.8, 4) is 5.75 Å². The Labute approximate surface area is 148 Å². The van der Waals surface area contributed by atoms with Gasteiger partial charge in [0, 0.05) is 18.3 Å². The van der Waals surface area contributed by atoms with Crippen LogP contribution in [0.4, 0.5) is 0 Å². The van der Waals surface area contributed by atoms with Crippen LogP contribution in [-0.2, 0) is 16.0 Å². The van der Waals surface area contributed by atoms with E-state index in [1.54, 1.807) is 7.11 Å². The summed E-state index contributed by atoms with van der Waals surface area (Å²) in [5, 5.41) is 9.32. The Balaban J connectivity index is 1.70. The molecule has 4 heteroatoms. The SMILES string of the molecule is COc1ccc2c(c1)CC[C@H]1[C@@H]3[C@@H](CC(=O)O)CC(=O)[C@@]3(C)CC[C@H]21. The van der Waals surface area contributed by atoms with E-state index < -0.39 is 5.97 Å². The lowest BCUT2D eigenvalue weighted by Gasteiger charge is -2.49. The van der Waals surface area contributed by atoms with Crippen molar-refractivity contribution in [1.82, 2.24) is 0 Å². The van der Waals surface area contributed by atoms with Crippen molar-refractivity contribution in [2.24, 2.45) is 23.2 Å². The lowest BCUT2D eigenvalue weighted by molar-refractivity contribution is -0.139. The smallest absolute Gasteiger partial charge is 0.303 e. The molecule has 0 amide bonds. The predicted octanol–water partition coefficient (Wildman–Crippen LogP) is 3.82. The zero-order chi connectivity index (χ0) is 17.8. The molecule has 0 unspecified atom stereocenters. The summed E-state index contributed by atoms with van der Waals surface area (Å²) in [6.45, 7) is 2.10. The standard InChI is InChI=1S/C21H26O4/c1-21-8-7-16-15-6-4-14(25-2)9-12(15)3-5-17(16)20(21)13(10-18(21)22)11-19(23)24/h4,6,9,13,16-17,20H,3,5,7-8,10-11H2,1-2H3,(H,23,24)/t13-,16-,17-,20+,21-/m1/s1. The second kappa shape index (κ2) is 5.86. The molecule has 0 saturated heterocycles. The van der Waals surface area contributed by atoms with Gasteiger partial charge in [-0.3, -0.25) is 9.59 Å². The Kier molecular flexibility index (Phi) is 3.89. The highest BCUT2D eigenvalue weighted by Gasteiger charge is 2.58. The van der Waals surface area contributed by atoms with Crippen molar-refractivity contribution in [3.63, 3.8) is 0 Å². The summed E-state index contributed by atoms with van der Waals surface area (Å²) in [5.41, 5.74) is 2.45. The molecule has 3 aliphatic rings. The van der Waals surface area contributed by atoms with Crippen LogP contribution >= 0.6 is 0 Å². The molecule has 4 rings (SSSR count). The average Bonchev–Trinajstić information content (AvgIpc) is 2.84. The van der Waals surface area contributed by atoms with E-state index in [2.05, 4.69) is 19.1 Å². The number of Topliss-reactive ketones (excluding diaryl/α,β-unsaturated/α-hetero) is 1. The molecule has 134 valence electrons. The number of hydrogen-bond donors (Lipinski definition) is 1. The third-order valence-corrected chi connectivity index (χ3v) is 7.21. The highest BCUT2D eigenvalue weighted by atomic mass is 16.5. The number of hydrogen-bond acceptors (Lipinski definition) is 3. The second-order valence-corrected chi connectivity index (χ2v) is 8.34. The minimum atomic E-state index is -0.773. The Bertz CT molecular complexity index is 725. The lowest BCUT2D eigenvalue weighted by Crippen LogP contribution is -2.44. The van der Waals surface area contributed by atoms with E-state index in [0.717, 1.165) is 31.4 Å². The average molecular weight is 342 g/mol. The number of methoxy groups -OCH3 is 1. The first kappa shape index (κ1) is 16.6. The summed E-state index contributed by atoms with van der Waals surface area (Å²) in [6.07, 6.45) is 4.54. The van der Waals surface area contributed by atoms with Gasteiger partial charge in [0.15, 0.2) is 0 Å². The van der Waals surface area contributed by atoms with E-state index in [0.29, 0.717) is 24.0 Å². The second-order valence-electron chi connectivity index (χ2n) is 8.34. The number of carboxylic acids is 1. The largest absolute Gasteiger partial charge is 0.497 e. The van der Waals surface area contributed by atoms with Gasteiger partial charge >= 0.3 is 5.97 Å². The molecule has 0 radical (unpaired) electrons. The van der Waals surface area contributed by atoms with Crippen LogP contribution in [0.25, 0.3) is 0 Å². The van der Waals surface area contributed by atoms with Crippen molar-refractivity contribution in [3.05, 3.63) is 29.3 Å². The minimum Gasteiger partial charge on any atom is -0.497 e. The number of carbonyl (C=O) groups excluding carboxylic acids is 1. The molecule has 1 aromatic rings. The van der Waals surface area contributed by atoms with Gasteiger partial charge in [0.2, 0.25) is 0 Å². The normalized spacial score (nSPS) is 36.3. The van der Waals surface area contributed by atoms with Gasteiger partial charge in [0.05, 0.1) is 7.11 Å². The maximum absolute atomic E-state index is 12.7. The van der Waals surface area contributed by atoms with E-state index in [9.17, 15) is 14.7 Å². The van der Waals surface area contributed by atoms with Crippen molar-refractivity contribution in [1.29, 1.82) is 0 Å². The van der Waals surface area contributed by atoms with Crippen LogP contribution < -0.4 is 4.74 Å². The first-order chi connectivity index (χ1) is 11.9. The van der Waals surface area contributed by atoms with Crippen LogP contribution in [0.3, 0.4) is 0 Å². The third-order valence-electron chi connectivity index (χ3n) is 7.21. The molecule has 25 heavy (non-hydrogen) atoms. The molecule has 0 bridgehead atoms. The van der Waals surface area contributed by atoms with Crippen LogP contribution in [0.1, 0.15) is 56.1 Å². The fourth-order valence-electron chi connectivity index (χ4n) is 6.15. The van der Waals surface area contributed by atoms with Gasteiger partial charge in [-0.15, -0.1) is 0 Å². The lowest BCUT2D eigenvalue weighted by atomic mass is 9.54. The zero-order valence-corrected chi connectivity index (χ0v) is 15.0. The van der Waals surface area contributed by atoms with Gasteiger partial charge in [0.1, 0.15) is 11.5 Å². The van der Waals surface area contributed by atoms with E-state index in [4.69, 9.17) is 4.74 Å². The summed E-state index contributed by atoms with van der Waals surface area (Å²) in [4.78, 5) is 24.1. The number of benzene rings is 1. The van der Waals surface area contributed by atoms with Crippen molar-refractivity contribution < 1.29 is 19.4 Å². The maximum Gasteiger partial charge on any atom is 0.303 e. The number of ether oxygens (including phenoxy) is 1. The summed E-state index contributed by atoms with van der Waals surface area (Å²) >= 11 is 0. The van der Waals surface area contributed by atoms with Crippen LogP contribution in [-0.4, -0.2) is 24.0 Å². The number of carbonyl (C=O) groups is 2. The molecular formula is C21H26O4. The first-order valence-electron chi connectivity index (χ1n) is 9.36. The predicted molar refractivity (Wildman–Crippen MR) is 93.7 cm³/mol. The summed E-state index contributed by atoms with van der Waals surface area (Å²) in [6, 6.07) is 6.37. The van der Waals surface area contributed by atoms with Crippen LogP contribution in [0, 0.1) is 23.2 Å². The molecule has 3 aliphatic carbocycles. The monoisotopic (exact) mass is 342 g/mol. The van der Waals surface area contributed by atoms with Crippen molar-refractivity contribution in [2.45, 2.75) is 51.4 Å². The van der Waals surface area contributed by atoms with Gasteiger partial charge in [-0.25, -0.2) is 0 Å². The number of aliphatic carboxylic acids is 1. The molecule has 0 aromatic heterocycles. The molecule has 4 nitrogen and oxygen atoms in total. The minimum absolute atomic E-state index is 0.00241.